The number of carbonyl (C=O) groups is 1. The van der Waals surface area contributed by atoms with Crippen LogP contribution in [0.4, 0.5) is 5.82 Å². The minimum absolute atomic E-state index is 0.0137. The first-order chi connectivity index (χ1) is 13.0. The van der Waals surface area contributed by atoms with Crippen molar-refractivity contribution in [2.45, 2.75) is 38.2 Å². The standard InChI is InChI=1S/C18H20N4O5S/c1-11-5-7-12(8-6-11)28(24,25)27-13-9-10-22-16(20-13)14(15(19)21-22)17(23)26-18(2,3)4/h5-10H,1-4H3,(H2,19,21). The maximum absolute atomic E-state index is 12.5. The summed E-state index contributed by atoms with van der Waals surface area (Å²) in [5.74, 6) is -1.02. The number of nitrogens with zero attached hydrogens (tertiary/aromatic N) is 3. The molecule has 0 saturated heterocycles. The second-order valence-corrected chi connectivity index (χ2v) is 8.69. The van der Waals surface area contributed by atoms with E-state index in [1.807, 2.05) is 6.92 Å². The van der Waals surface area contributed by atoms with Crippen LogP contribution in [0.25, 0.3) is 5.65 Å². The van der Waals surface area contributed by atoms with Crippen molar-refractivity contribution in [3.05, 3.63) is 47.7 Å². The second-order valence-electron chi connectivity index (χ2n) is 7.15. The molecule has 2 heterocycles. The molecule has 0 aliphatic rings. The zero-order chi connectivity index (χ0) is 20.7. The summed E-state index contributed by atoms with van der Waals surface area (Å²) in [5.41, 5.74) is 5.96. The normalized spacial score (nSPS) is 12.1. The average Bonchev–Trinajstić information content (AvgIpc) is 2.88. The lowest BCUT2D eigenvalue weighted by atomic mass is 10.2. The molecule has 0 spiro atoms. The molecule has 0 unspecified atom stereocenters. The summed E-state index contributed by atoms with van der Waals surface area (Å²) in [7, 11) is -4.09. The Morgan fingerprint density at radius 3 is 2.39 bits per heavy atom. The average molecular weight is 404 g/mol. The molecule has 0 aliphatic heterocycles. The maximum Gasteiger partial charge on any atom is 0.346 e. The molecule has 28 heavy (non-hydrogen) atoms. The third kappa shape index (κ3) is 4.06. The summed E-state index contributed by atoms with van der Waals surface area (Å²) in [6.45, 7) is 6.98. The van der Waals surface area contributed by atoms with Crippen molar-refractivity contribution in [2.75, 3.05) is 5.73 Å². The van der Waals surface area contributed by atoms with Crippen LogP contribution in [0.5, 0.6) is 5.88 Å². The summed E-state index contributed by atoms with van der Waals surface area (Å²) >= 11 is 0. The molecule has 1 aromatic carbocycles. The molecule has 10 heteroatoms. The molecule has 3 aromatic rings. The van der Waals surface area contributed by atoms with Gasteiger partial charge in [0.05, 0.1) is 0 Å². The van der Waals surface area contributed by atoms with Gasteiger partial charge in [-0.1, -0.05) is 17.7 Å². The Bertz CT molecular complexity index is 1150. The number of carbonyl (C=O) groups excluding carboxylic acids is 1. The molecule has 3 rings (SSSR count). The van der Waals surface area contributed by atoms with E-state index in [1.54, 1.807) is 32.9 Å². The number of esters is 1. The van der Waals surface area contributed by atoms with Crippen molar-refractivity contribution < 1.29 is 22.1 Å². The van der Waals surface area contributed by atoms with Gasteiger partial charge < -0.3 is 14.7 Å². The van der Waals surface area contributed by atoms with Gasteiger partial charge in [-0.05, 0) is 39.8 Å². The highest BCUT2D eigenvalue weighted by Gasteiger charge is 2.26. The molecule has 2 aromatic heterocycles. The number of rotatable bonds is 4. The van der Waals surface area contributed by atoms with E-state index >= 15 is 0 Å². The number of nitrogen functional groups attached to an aromatic ring is 1. The van der Waals surface area contributed by atoms with Gasteiger partial charge in [-0.25, -0.2) is 9.31 Å². The van der Waals surface area contributed by atoms with Crippen molar-refractivity contribution in [2.24, 2.45) is 0 Å². The Balaban J connectivity index is 1.99. The molecule has 148 valence electrons. The predicted molar refractivity (Wildman–Crippen MR) is 102 cm³/mol. The quantitative estimate of drug-likeness (QED) is 0.519. The Kier molecular flexibility index (Phi) is 4.76. The van der Waals surface area contributed by atoms with Crippen LogP contribution >= 0.6 is 0 Å². The highest BCUT2D eigenvalue weighted by atomic mass is 32.2. The van der Waals surface area contributed by atoms with Crippen molar-refractivity contribution in [3.63, 3.8) is 0 Å². The first kappa shape index (κ1) is 19.6. The third-order valence-corrected chi connectivity index (χ3v) is 4.83. The number of hydrogen-bond donors (Lipinski definition) is 1. The number of ether oxygens (including phenoxy) is 1. The van der Waals surface area contributed by atoms with Crippen LogP contribution in [-0.4, -0.2) is 34.6 Å². The SMILES string of the molecule is Cc1ccc(S(=O)(=O)Oc2ccn3nc(N)c(C(=O)OC(C)(C)C)c3n2)cc1. The summed E-state index contributed by atoms with van der Waals surface area (Å²) < 4.78 is 36.6. The van der Waals surface area contributed by atoms with Gasteiger partial charge in [-0.15, -0.1) is 5.10 Å². The highest BCUT2D eigenvalue weighted by Crippen LogP contribution is 2.23. The Hall–Kier alpha value is -3.14. The van der Waals surface area contributed by atoms with E-state index in [9.17, 15) is 13.2 Å². The monoisotopic (exact) mass is 404 g/mol. The van der Waals surface area contributed by atoms with Gasteiger partial charge in [0.25, 0.3) is 0 Å². The van der Waals surface area contributed by atoms with Crippen LogP contribution in [0.3, 0.4) is 0 Å². The fraction of sp³-hybridized carbons (Fsp3) is 0.278. The van der Waals surface area contributed by atoms with Crippen molar-refractivity contribution in [1.29, 1.82) is 0 Å². The van der Waals surface area contributed by atoms with E-state index in [0.29, 0.717) is 0 Å². The van der Waals surface area contributed by atoms with Gasteiger partial charge in [0.15, 0.2) is 11.5 Å². The molecule has 2 N–H and O–H groups in total. The van der Waals surface area contributed by atoms with Gasteiger partial charge in [0.2, 0.25) is 5.88 Å². The number of fused-ring (bicyclic) bond motifs is 1. The molecular formula is C18H20N4O5S. The van der Waals surface area contributed by atoms with Gasteiger partial charge >= 0.3 is 16.1 Å². The number of nitrogens with two attached hydrogens (primary N) is 1. The van der Waals surface area contributed by atoms with E-state index in [-0.39, 0.29) is 27.8 Å². The molecule has 0 aliphatic carbocycles. The molecule has 0 saturated carbocycles. The predicted octanol–water partition coefficient (Wildman–Crippen LogP) is 2.34. The highest BCUT2D eigenvalue weighted by molar-refractivity contribution is 7.87. The zero-order valence-electron chi connectivity index (χ0n) is 15.8. The Morgan fingerprint density at radius 2 is 1.79 bits per heavy atom. The molecule has 0 bridgehead atoms. The van der Waals surface area contributed by atoms with Gasteiger partial charge in [-0.2, -0.15) is 13.4 Å². The number of benzene rings is 1. The summed E-state index contributed by atoms with van der Waals surface area (Å²) in [5, 5.41) is 4.00. The maximum atomic E-state index is 12.5. The minimum atomic E-state index is -4.09. The lowest BCUT2D eigenvalue weighted by molar-refractivity contribution is 0.00728. The zero-order valence-corrected chi connectivity index (χ0v) is 16.6. The van der Waals surface area contributed by atoms with Crippen LogP contribution in [0.1, 0.15) is 36.7 Å². The first-order valence-electron chi connectivity index (χ1n) is 8.36. The van der Waals surface area contributed by atoms with E-state index < -0.39 is 21.7 Å². The number of anilines is 1. The topological polar surface area (TPSA) is 126 Å². The lowest BCUT2D eigenvalue weighted by Gasteiger charge is -2.19. The Labute approximate surface area is 162 Å². The number of hydrogen-bond acceptors (Lipinski definition) is 8. The van der Waals surface area contributed by atoms with Gasteiger partial charge in [-0.3, -0.25) is 0 Å². The van der Waals surface area contributed by atoms with Gasteiger partial charge in [0, 0.05) is 12.3 Å². The summed E-state index contributed by atoms with van der Waals surface area (Å²) in [6, 6.07) is 7.50. The molecule has 9 nitrogen and oxygen atoms in total. The largest absolute Gasteiger partial charge is 0.456 e. The molecule has 0 radical (unpaired) electrons. The third-order valence-electron chi connectivity index (χ3n) is 3.59. The summed E-state index contributed by atoms with van der Waals surface area (Å²) in [4.78, 5) is 16.5. The second kappa shape index (κ2) is 6.79. The van der Waals surface area contributed by atoms with E-state index in [4.69, 9.17) is 14.7 Å². The molecule has 0 atom stereocenters. The number of aromatic nitrogens is 3. The van der Waals surface area contributed by atoms with Crippen molar-refractivity contribution >= 4 is 27.6 Å². The minimum Gasteiger partial charge on any atom is -0.456 e. The number of aryl methyl sites for hydroxylation is 1. The van der Waals surface area contributed by atoms with Crippen LogP contribution in [0.15, 0.2) is 41.4 Å². The van der Waals surface area contributed by atoms with Crippen LogP contribution in [0, 0.1) is 6.92 Å². The lowest BCUT2D eigenvalue weighted by Crippen LogP contribution is -2.24. The smallest absolute Gasteiger partial charge is 0.346 e. The molecular weight excluding hydrogens is 384 g/mol. The first-order valence-corrected chi connectivity index (χ1v) is 9.76. The van der Waals surface area contributed by atoms with Crippen LogP contribution < -0.4 is 9.92 Å². The van der Waals surface area contributed by atoms with E-state index in [2.05, 4.69) is 10.1 Å². The Morgan fingerprint density at radius 1 is 1.14 bits per heavy atom. The van der Waals surface area contributed by atoms with Crippen molar-refractivity contribution in [1.82, 2.24) is 14.6 Å². The fourth-order valence-corrected chi connectivity index (χ4v) is 3.25. The van der Waals surface area contributed by atoms with Gasteiger partial charge in [0.1, 0.15) is 16.1 Å². The van der Waals surface area contributed by atoms with E-state index in [0.717, 1.165) is 5.56 Å². The van der Waals surface area contributed by atoms with Crippen LogP contribution in [0.2, 0.25) is 0 Å². The van der Waals surface area contributed by atoms with Crippen molar-refractivity contribution in [3.8, 4) is 5.88 Å². The summed E-state index contributed by atoms with van der Waals surface area (Å²) in [6.07, 6.45) is 1.40. The molecule has 0 fully saturated rings. The fourth-order valence-electron chi connectivity index (χ4n) is 2.37. The van der Waals surface area contributed by atoms with E-state index in [1.165, 1.54) is 28.9 Å². The van der Waals surface area contributed by atoms with Crippen LogP contribution in [-0.2, 0) is 14.9 Å². The molecule has 0 amide bonds.